The minimum atomic E-state index is 0. The summed E-state index contributed by atoms with van der Waals surface area (Å²) in [6.07, 6.45) is 6.96. The predicted molar refractivity (Wildman–Crippen MR) is 115 cm³/mol. The number of ether oxygens (including phenoxy) is 1. The van der Waals surface area contributed by atoms with Crippen molar-refractivity contribution >= 4 is 35.8 Å². The first-order chi connectivity index (χ1) is 11.7. The van der Waals surface area contributed by atoms with Gasteiger partial charge in [-0.05, 0) is 40.0 Å². The van der Waals surface area contributed by atoms with E-state index in [0.29, 0.717) is 19.1 Å². The Kier molecular flexibility index (Phi) is 15.3. The maximum absolute atomic E-state index is 12.0. The van der Waals surface area contributed by atoms with E-state index < -0.39 is 0 Å². The molecule has 0 aromatic rings. The molecule has 25 heavy (non-hydrogen) atoms. The van der Waals surface area contributed by atoms with Crippen molar-refractivity contribution in [2.24, 2.45) is 4.99 Å². The second-order valence-electron chi connectivity index (χ2n) is 6.13. The van der Waals surface area contributed by atoms with E-state index in [9.17, 15) is 4.79 Å². The minimum absolute atomic E-state index is 0. The zero-order valence-electron chi connectivity index (χ0n) is 16.2. The molecule has 0 heterocycles. The van der Waals surface area contributed by atoms with Crippen molar-refractivity contribution in [2.75, 3.05) is 39.3 Å². The largest absolute Gasteiger partial charge is 0.378 e. The highest BCUT2D eigenvalue weighted by Crippen LogP contribution is 2.20. The van der Waals surface area contributed by atoms with E-state index in [-0.39, 0.29) is 29.9 Å². The molecule has 6 nitrogen and oxygen atoms in total. The van der Waals surface area contributed by atoms with Crippen molar-refractivity contribution < 1.29 is 9.53 Å². The van der Waals surface area contributed by atoms with Crippen LogP contribution < -0.4 is 10.6 Å². The van der Waals surface area contributed by atoms with Gasteiger partial charge in [-0.3, -0.25) is 9.79 Å². The smallest absolute Gasteiger partial charge is 0.224 e. The van der Waals surface area contributed by atoms with Gasteiger partial charge in [0.2, 0.25) is 5.91 Å². The first-order valence-corrected chi connectivity index (χ1v) is 9.62. The van der Waals surface area contributed by atoms with E-state index in [0.717, 1.165) is 45.2 Å². The molecular weight excluding hydrogens is 431 g/mol. The number of carbonyl (C=O) groups excluding carboxylic acids is 1. The number of halogens is 1. The fraction of sp³-hybridized carbons (Fsp3) is 0.889. The molecule has 7 heteroatoms. The van der Waals surface area contributed by atoms with Crippen LogP contribution in [-0.2, 0) is 9.53 Å². The molecule has 0 aliphatic heterocycles. The van der Waals surface area contributed by atoms with Gasteiger partial charge in [-0.25, -0.2) is 0 Å². The molecule has 1 amide bonds. The van der Waals surface area contributed by atoms with E-state index in [1.807, 2.05) is 25.7 Å². The van der Waals surface area contributed by atoms with Crippen LogP contribution in [0.25, 0.3) is 0 Å². The molecule has 148 valence electrons. The quantitative estimate of drug-likeness (QED) is 0.212. The van der Waals surface area contributed by atoms with Gasteiger partial charge in [0.15, 0.2) is 5.96 Å². The van der Waals surface area contributed by atoms with E-state index in [4.69, 9.17) is 4.74 Å². The van der Waals surface area contributed by atoms with Crippen LogP contribution in [0.2, 0.25) is 0 Å². The summed E-state index contributed by atoms with van der Waals surface area (Å²) in [7, 11) is 0. The number of hydrogen-bond donors (Lipinski definition) is 2. The van der Waals surface area contributed by atoms with Gasteiger partial charge in [0.25, 0.3) is 0 Å². The van der Waals surface area contributed by atoms with Crippen molar-refractivity contribution in [1.82, 2.24) is 15.5 Å². The van der Waals surface area contributed by atoms with Crippen LogP contribution in [-0.4, -0.2) is 62.2 Å². The number of carbonyl (C=O) groups is 1. The molecule has 0 atom stereocenters. The molecule has 1 aliphatic rings. The Bertz CT molecular complexity index is 370. The van der Waals surface area contributed by atoms with Gasteiger partial charge in [0, 0.05) is 45.8 Å². The zero-order valence-corrected chi connectivity index (χ0v) is 18.5. The summed E-state index contributed by atoms with van der Waals surface area (Å²) in [6.45, 7) is 10.5. The second kappa shape index (κ2) is 15.7. The van der Waals surface area contributed by atoms with Crippen molar-refractivity contribution in [1.29, 1.82) is 0 Å². The molecule has 0 unspecified atom stereocenters. The molecule has 1 fully saturated rings. The van der Waals surface area contributed by atoms with Gasteiger partial charge < -0.3 is 20.3 Å². The van der Waals surface area contributed by atoms with E-state index in [1.165, 1.54) is 25.7 Å². The van der Waals surface area contributed by atoms with E-state index in [2.05, 4.69) is 15.6 Å². The van der Waals surface area contributed by atoms with Crippen LogP contribution in [0.3, 0.4) is 0 Å². The molecule has 1 aliphatic carbocycles. The van der Waals surface area contributed by atoms with Crippen molar-refractivity contribution in [3.05, 3.63) is 0 Å². The molecule has 1 rings (SSSR count). The van der Waals surface area contributed by atoms with Crippen molar-refractivity contribution in [3.63, 3.8) is 0 Å². The molecule has 2 N–H and O–H groups in total. The Morgan fingerprint density at radius 1 is 1.16 bits per heavy atom. The van der Waals surface area contributed by atoms with Crippen molar-refractivity contribution in [3.8, 4) is 0 Å². The molecule has 0 spiro atoms. The summed E-state index contributed by atoms with van der Waals surface area (Å²) in [6, 6.07) is 0. The monoisotopic (exact) mass is 468 g/mol. The Balaban J connectivity index is 0.00000576. The predicted octanol–water partition coefficient (Wildman–Crippen LogP) is 2.77. The molecule has 0 aromatic heterocycles. The summed E-state index contributed by atoms with van der Waals surface area (Å²) < 4.78 is 5.85. The molecular formula is C18H37IN4O2. The standard InChI is InChI=1S/C18H36N4O2.HI/c1-4-19-18(21-14-12-17(23)22(5-2)6-3)20-13-9-15-24-16-10-7-8-11-16;/h16H,4-15H2,1-3H3,(H2,19,20,21);1H. The Morgan fingerprint density at radius 3 is 2.44 bits per heavy atom. The Labute approximate surface area is 170 Å². The molecule has 0 bridgehead atoms. The van der Waals surface area contributed by atoms with E-state index in [1.54, 1.807) is 0 Å². The van der Waals surface area contributed by atoms with Gasteiger partial charge in [-0.1, -0.05) is 12.8 Å². The fourth-order valence-electron chi connectivity index (χ4n) is 2.92. The van der Waals surface area contributed by atoms with Gasteiger partial charge in [0.1, 0.15) is 0 Å². The number of nitrogens with one attached hydrogen (secondary N) is 2. The van der Waals surface area contributed by atoms with Crippen molar-refractivity contribution in [2.45, 2.75) is 65.4 Å². The third kappa shape index (κ3) is 10.9. The highest BCUT2D eigenvalue weighted by molar-refractivity contribution is 14.0. The van der Waals surface area contributed by atoms with Crippen LogP contribution in [0.5, 0.6) is 0 Å². The SMILES string of the molecule is CCNC(=NCCCOC1CCCC1)NCCC(=O)N(CC)CC.I. The molecule has 0 aromatic carbocycles. The molecule has 0 radical (unpaired) electrons. The number of nitrogens with zero attached hydrogens (tertiary/aromatic N) is 2. The van der Waals surface area contributed by atoms with Gasteiger partial charge in [-0.2, -0.15) is 0 Å². The van der Waals surface area contributed by atoms with Gasteiger partial charge in [-0.15, -0.1) is 24.0 Å². The Hall–Kier alpha value is -0.570. The highest BCUT2D eigenvalue weighted by Gasteiger charge is 2.14. The third-order valence-corrected chi connectivity index (χ3v) is 4.32. The third-order valence-electron chi connectivity index (χ3n) is 4.32. The average molecular weight is 468 g/mol. The van der Waals surface area contributed by atoms with Crippen LogP contribution >= 0.6 is 24.0 Å². The number of rotatable bonds is 11. The number of amides is 1. The summed E-state index contributed by atoms with van der Waals surface area (Å²) in [5.74, 6) is 0.971. The lowest BCUT2D eigenvalue weighted by Gasteiger charge is -2.19. The number of guanidine groups is 1. The van der Waals surface area contributed by atoms with Crippen LogP contribution in [0.15, 0.2) is 4.99 Å². The zero-order chi connectivity index (χ0) is 17.6. The number of hydrogen-bond acceptors (Lipinski definition) is 3. The maximum Gasteiger partial charge on any atom is 0.224 e. The van der Waals surface area contributed by atoms with Gasteiger partial charge >= 0.3 is 0 Å². The Morgan fingerprint density at radius 2 is 1.84 bits per heavy atom. The lowest BCUT2D eigenvalue weighted by atomic mass is 10.3. The van der Waals surface area contributed by atoms with Crippen LogP contribution in [0.1, 0.15) is 59.3 Å². The molecule has 1 saturated carbocycles. The summed E-state index contributed by atoms with van der Waals surface area (Å²) >= 11 is 0. The number of aliphatic imine (C=N–C) groups is 1. The van der Waals surface area contributed by atoms with Crippen LogP contribution in [0, 0.1) is 0 Å². The topological polar surface area (TPSA) is 66.0 Å². The van der Waals surface area contributed by atoms with Gasteiger partial charge in [0.05, 0.1) is 6.10 Å². The van der Waals surface area contributed by atoms with E-state index >= 15 is 0 Å². The first kappa shape index (κ1) is 24.4. The first-order valence-electron chi connectivity index (χ1n) is 9.62. The summed E-state index contributed by atoms with van der Waals surface area (Å²) in [4.78, 5) is 18.4. The summed E-state index contributed by atoms with van der Waals surface area (Å²) in [5, 5.41) is 6.46. The normalized spacial score (nSPS) is 14.9. The molecule has 0 saturated heterocycles. The minimum Gasteiger partial charge on any atom is -0.378 e. The lowest BCUT2D eigenvalue weighted by Crippen LogP contribution is -2.40. The summed E-state index contributed by atoms with van der Waals surface area (Å²) in [5.41, 5.74) is 0. The fourth-order valence-corrected chi connectivity index (χ4v) is 2.92. The average Bonchev–Trinajstić information content (AvgIpc) is 3.09. The van der Waals surface area contributed by atoms with Crippen LogP contribution in [0.4, 0.5) is 0 Å². The highest BCUT2D eigenvalue weighted by atomic mass is 127. The second-order valence-corrected chi connectivity index (χ2v) is 6.13. The maximum atomic E-state index is 12.0. The lowest BCUT2D eigenvalue weighted by molar-refractivity contribution is -0.130.